The number of benzene rings is 2. The van der Waals surface area contributed by atoms with Crippen LogP contribution in [0.3, 0.4) is 0 Å². The Kier molecular flexibility index (Phi) is 2.60. The molecule has 2 nitrogen and oxygen atoms in total. The number of halogens is 1. The van der Waals surface area contributed by atoms with Gasteiger partial charge in [-0.15, -0.1) is 0 Å². The van der Waals surface area contributed by atoms with E-state index >= 15 is 0 Å². The summed E-state index contributed by atoms with van der Waals surface area (Å²) in [6.07, 6.45) is 1.85. The van der Waals surface area contributed by atoms with Gasteiger partial charge in [0, 0.05) is 27.1 Å². The van der Waals surface area contributed by atoms with Gasteiger partial charge in [0.2, 0.25) is 0 Å². The lowest BCUT2D eigenvalue weighted by Crippen LogP contribution is -1.94. The average molecular weight is 323 g/mol. The van der Waals surface area contributed by atoms with Crippen LogP contribution in [0.5, 0.6) is 0 Å². The van der Waals surface area contributed by atoms with E-state index < -0.39 is 0 Å². The first kappa shape index (κ1) is 11.7. The number of fused-ring (bicyclic) bond motifs is 3. The van der Waals surface area contributed by atoms with Crippen LogP contribution in [0.2, 0.25) is 0 Å². The van der Waals surface area contributed by atoms with Gasteiger partial charge in [0.1, 0.15) is 5.65 Å². The smallest absolute Gasteiger partial charge is 0.145 e. The standard InChI is InChI=1S/C17H11BrN2/c18-12-10-15-14-8-4-5-9-16(14)20(17(15)19-11-12)13-6-2-1-3-7-13/h1-11H. The Balaban J connectivity index is 2.22. The van der Waals surface area contributed by atoms with E-state index in [1.54, 1.807) is 0 Å². The second-order valence-corrected chi connectivity index (χ2v) is 5.63. The van der Waals surface area contributed by atoms with Gasteiger partial charge < -0.3 is 0 Å². The Hall–Kier alpha value is -2.13. The van der Waals surface area contributed by atoms with E-state index in [9.17, 15) is 0 Å². The molecule has 0 amide bonds. The van der Waals surface area contributed by atoms with E-state index in [2.05, 4.69) is 80.1 Å². The molecular weight excluding hydrogens is 312 g/mol. The zero-order valence-electron chi connectivity index (χ0n) is 10.6. The van der Waals surface area contributed by atoms with Crippen molar-refractivity contribution in [1.82, 2.24) is 9.55 Å². The monoisotopic (exact) mass is 322 g/mol. The van der Waals surface area contributed by atoms with Crippen molar-refractivity contribution in [3.8, 4) is 5.69 Å². The molecule has 0 spiro atoms. The van der Waals surface area contributed by atoms with Gasteiger partial charge in [-0.2, -0.15) is 0 Å². The predicted molar refractivity (Wildman–Crippen MR) is 86.3 cm³/mol. The van der Waals surface area contributed by atoms with E-state index in [1.165, 1.54) is 16.3 Å². The molecule has 0 atom stereocenters. The Bertz CT molecular complexity index is 910. The Labute approximate surface area is 124 Å². The van der Waals surface area contributed by atoms with Gasteiger partial charge in [0.25, 0.3) is 0 Å². The summed E-state index contributed by atoms with van der Waals surface area (Å²) >= 11 is 3.51. The van der Waals surface area contributed by atoms with E-state index in [0.717, 1.165) is 15.8 Å². The lowest BCUT2D eigenvalue weighted by molar-refractivity contribution is 1.13. The highest BCUT2D eigenvalue weighted by molar-refractivity contribution is 9.10. The summed E-state index contributed by atoms with van der Waals surface area (Å²) in [6.45, 7) is 0. The lowest BCUT2D eigenvalue weighted by Gasteiger charge is -2.06. The van der Waals surface area contributed by atoms with Crippen molar-refractivity contribution in [2.75, 3.05) is 0 Å². The van der Waals surface area contributed by atoms with Crippen molar-refractivity contribution in [3.63, 3.8) is 0 Å². The summed E-state index contributed by atoms with van der Waals surface area (Å²) in [5, 5.41) is 2.39. The minimum Gasteiger partial charge on any atom is -0.294 e. The molecule has 20 heavy (non-hydrogen) atoms. The largest absolute Gasteiger partial charge is 0.294 e. The number of rotatable bonds is 1. The van der Waals surface area contributed by atoms with Crippen LogP contribution in [0.4, 0.5) is 0 Å². The van der Waals surface area contributed by atoms with Gasteiger partial charge in [-0.1, -0.05) is 36.4 Å². The van der Waals surface area contributed by atoms with Crippen LogP contribution < -0.4 is 0 Å². The Morgan fingerprint density at radius 2 is 1.60 bits per heavy atom. The van der Waals surface area contributed by atoms with Crippen LogP contribution in [0.15, 0.2) is 71.3 Å². The number of hydrogen-bond donors (Lipinski definition) is 0. The van der Waals surface area contributed by atoms with Crippen LogP contribution >= 0.6 is 15.9 Å². The molecule has 96 valence electrons. The molecule has 0 unspecified atom stereocenters. The average Bonchev–Trinajstić information content (AvgIpc) is 2.82. The molecule has 0 aliphatic heterocycles. The first-order valence-electron chi connectivity index (χ1n) is 6.45. The van der Waals surface area contributed by atoms with Gasteiger partial charge in [-0.05, 0) is 40.2 Å². The van der Waals surface area contributed by atoms with Gasteiger partial charge in [-0.3, -0.25) is 4.57 Å². The minimum absolute atomic E-state index is 0.987. The number of para-hydroxylation sites is 2. The highest BCUT2D eigenvalue weighted by Gasteiger charge is 2.12. The van der Waals surface area contributed by atoms with Crippen LogP contribution in [0, 0.1) is 0 Å². The fourth-order valence-electron chi connectivity index (χ4n) is 2.66. The van der Waals surface area contributed by atoms with Gasteiger partial charge in [0.15, 0.2) is 0 Å². The summed E-state index contributed by atoms with van der Waals surface area (Å²) in [7, 11) is 0. The van der Waals surface area contributed by atoms with Crippen LogP contribution in [0.1, 0.15) is 0 Å². The van der Waals surface area contributed by atoms with Crippen molar-refractivity contribution in [1.29, 1.82) is 0 Å². The van der Waals surface area contributed by atoms with Gasteiger partial charge >= 0.3 is 0 Å². The van der Waals surface area contributed by atoms with E-state index in [-0.39, 0.29) is 0 Å². The molecule has 0 N–H and O–H groups in total. The van der Waals surface area contributed by atoms with Gasteiger partial charge in [-0.25, -0.2) is 4.98 Å². The predicted octanol–water partition coefficient (Wildman–Crippen LogP) is 4.94. The number of hydrogen-bond acceptors (Lipinski definition) is 1. The van der Waals surface area contributed by atoms with Gasteiger partial charge in [0.05, 0.1) is 5.52 Å². The van der Waals surface area contributed by atoms with E-state index in [0.29, 0.717) is 0 Å². The highest BCUT2D eigenvalue weighted by Crippen LogP contribution is 2.31. The summed E-state index contributed by atoms with van der Waals surface area (Å²) in [5.41, 5.74) is 3.30. The topological polar surface area (TPSA) is 17.8 Å². The summed E-state index contributed by atoms with van der Waals surface area (Å²) in [5.74, 6) is 0. The number of nitrogens with zero attached hydrogens (tertiary/aromatic N) is 2. The quantitative estimate of drug-likeness (QED) is 0.485. The third-order valence-corrected chi connectivity index (χ3v) is 3.93. The van der Waals surface area contributed by atoms with Crippen LogP contribution in [0.25, 0.3) is 27.6 Å². The van der Waals surface area contributed by atoms with E-state index in [4.69, 9.17) is 0 Å². The molecule has 4 rings (SSSR count). The van der Waals surface area contributed by atoms with Crippen molar-refractivity contribution < 1.29 is 0 Å². The van der Waals surface area contributed by atoms with Crippen molar-refractivity contribution in [2.24, 2.45) is 0 Å². The van der Waals surface area contributed by atoms with Crippen LogP contribution in [-0.4, -0.2) is 9.55 Å². The molecular formula is C17H11BrN2. The molecule has 0 saturated carbocycles. The zero-order valence-corrected chi connectivity index (χ0v) is 12.2. The fourth-order valence-corrected chi connectivity index (χ4v) is 2.99. The molecule has 0 radical (unpaired) electrons. The van der Waals surface area contributed by atoms with Crippen molar-refractivity contribution in [2.45, 2.75) is 0 Å². The second kappa shape index (κ2) is 4.46. The second-order valence-electron chi connectivity index (χ2n) is 4.71. The maximum Gasteiger partial charge on any atom is 0.145 e. The first-order valence-corrected chi connectivity index (χ1v) is 7.24. The van der Waals surface area contributed by atoms with Crippen LogP contribution in [-0.2, 0) is 0 Å². The molecule has 2 aromatic carbocycles. The summed E-state index contributed by atoms with van der Waals surface area (Å²) < 4.78 is 3.21. The summed E-state index contributed by atoms with van der Waals surface area (Å²) in [4.78, 5) is 4.61. The molecule has 0 saturated heterocycles. The molecule has 0 aliphatic rings. The van der Waals surface area contributed by atoms with Crippen molar-refractivity contribution >= 4 is 37.9 Å². The molecule has 3 heteroatoms. The van der Waals surface area contributed by atoms with Crippen molar-refractivity contribution in [3.05, 3.63) is 71.3 Å². The molecule has 0 fully saturated rings. The first-order chi connectivity index (χ1) is 9.84. The maximum atomic E-state index is 4.61. The third kappa shape index (κ3) is 1.67. The molecule has 0 bridgehead atoms. The Morgan fingerprint density at radius 1 is 0.850 bits per heavy atom. The fraction of sp³-hybridized carbons (Fsp3) is 0. The molecule has 4 aromatic rings. The minimum atomic E-state index is 0.987. The Morgan fingerprint density at radius 3 is 2.45 bits per heavy atom. The third-order valence-electron chi connectivity index (χ3n) is 3.49. The lowest BCUT2D eigenvalue weighted by atomic mass is 10.2. The summed E-state index contributed by atoms with van der Waals surface area (Å²) in [6, 6.07) is 20.9. The molecule has 2 aromatic heterocycles. The molecule has 0 aliphatic carbocycles. The number of pyridine rings is 1. The maximum absolute atomic E-state index is 4.61. The SMILES string of the molecule is Brc1cnc2c(c1)c1ccccc1n2-c1ccccc1. The molecule has 2 heterocycles. The normalized spacial score (nSPS) is 11.2. The zero-order chi connectivity index (χ0) is 13.5. The van der Waals surface area contributed by atoms with E-state index in [1.807, 2.05) is 12.3 Å². The highest BCUT2D eigenvalue weighted by atomic mass is 79.9. The number of aromatic nitrogens is 2.